The van der Waals surface area contributed by atoms with Crippen molar-refractivity contribution in [3.63, 3.8) is 0 Å². The third kappa shape index (κ3) is 4.45. The standard InChI is InChI=1S/C28H47ClO2/c1-18(2)7-6-8-19(3)23-11-12-24-22-10-9-20-17-21(31-26(29)30)13-15-27(20,4)25(22)14-16-28(23,24)5/h18-25H,6-17H2,1-5H3/t19-,20+,21-,22+,23-,24+,25-,27+,28-/m1/s1. The topological polar surface area (TPSA) is 26.3 Å². The Hall–Kier alpha value is -0.240. The lowest BCUT2D eigenvalue weighted by atomic mass is 9.44. The smallest absolute Gasteiger partial charge is 0.404 e. The fourth-order valence-corrected chi connectivity index (χ4v) is 9.61. The molecule has 3 heteroatoms. The molecule has 0 unspecified atom stereocenters. The Kier molecular flexibility index (Phi) is 7.08. The van der Waals surface area contributed by atoms with Crippen LogP contribution < -0.4 is 0 Å². The van der Waals surface area contributed by atoms with Crippen molar-refractivity contribution in [3.8, 4) is 0 Å². The summed E-state index contributed by atoms with van der Waals surface area (Å²) in [7, 11) is 0. The average Bonchev–Trinajstić information content (AvgIpc) is 3.05. The van der Waals surface area contributed by atoms with Crippen LogP contribution in [0.1, 0.15) is 112 Å². The van der Waals surface area contributed by atoms with Crippen molar-refractivity contribution in [1.82, 2.24) is 0 Å². The van der Waals surface area contributed by atoms with E-state index in [1.54, 1.807) is 0 Å². The number of carbonyl (C=O) groups excluding carboxylic acids is 1. The van der Waals surface area contributed by atoms with Crippen LogP contribution in [0.5, 0.6) is 0 Å². The Balaban J connectivity index is 1.43. The predicted molar refractivity (Wildman–Crippen MR) is 129 cm³/mol. The van der Waals surface area contributed by atoms with Crippen LogP contribution in [0, 0.1) is 52.3 Å². The fourth-order valence-electron chi connectivity index (χ4n) is 9.48. The maximum absolute atomic E-state index is 11.3. The fraction of sp³-hybridized carbons (Fsp3) is 0.964. The Morgan fingerprint density at radius 1 is 0.935 bits per heavy atom. The van der Waals surface area contributed by atoms with Crippen molar-refractivity contribution in [2.75, 3.05) is 0 Å². The van der Waals surface area contributed by atoms with Gasteiger partial charge < -0.3 is 4.74 Å². The molecule has 0 aromatic rings. The monoisotopic (exact) mass is 450 g/mol. The van der Waals surface area contributed by atoms with Gasteiger partial charge in [-0.1, -0.05) is 53.9 Å². The summed E-state index contributed by atoms with van der Waals surface area (Å²) in [6.45, 7) is 12.6. The predicted octanol–water partition coefficient (Wildman–Crippen LogP) is 8.85. The first-order valence-corrected chi connectivity index (χ1v) is 13.9. The van der Waals surface area contributed by atoms with E-state index < -0.39 is 5.43 Å². The van der Waals surface area contributed by atoms with Gasteiger partial charge in [0.15, 0.2) is 0 Å². The maximum Gasteiger partial charge on any atom is 0.404 e. The number of carbonyl (C=O) groups is 1. The molecule has 9 atom stereocenters. The molecule has 2 nitrogen and oxygen atoms in total. The van der Waals surface area contributed by atoms with Crippen LogP contribution in [-0.4, -0.2) is 11.5 Å². The van der Waals surface area contributed by atoms with Crippen molar-refractivity contribution in [2.24, 2.45) is 52.3 Å². The largest absolute Gasteiger partial charge is 0.450 e. The van der Waals surface area contributed by atoms with Gasteiger partial charge in [-0.05, 0) is 110 Å². The second kappa shape index (κ2) is 9.19. The quantitative estimate of drug-likeness (QED) is 0.377. The molecule has 0 heterocycles. The SMILES string of the molecule is CC(C)CCC[C@@H](C)[C@H]1CC[C@H]2[C@@H]3CC[C@H]4C[C@H](OC(=O)Cl)CC[C@]4(C)[C@@H]3CC[C@]12C. The van der Waals surface area contributed by atoms with Crippen LogP contribution in [0.2, 0.25) is 0 Å². The molecule has 0 amide bonds. The summed E-state index contributed by atoms with van der Waals surface area (Å²) >= 11 is 5.53. The summed E-state index contributed by atoms with van der Waals surface area (Å²) in [6.07, 6.45) is 16.1. The van der Waals surface area contributed by atoms with Gasteiger partial charge in [-0.25, -0.2) is 4.79 Å². The first-order chi connectivity index (χ1) is 14.6. The molecule has 0 radical (unpaired) electrons. The van der Waals surface area contributed by atoms with Crippen molar-refractivity contribution in [3.05, 3.63) is 0 Å². The summed E-state index contributed by atoms with van der Waals surface area (Å²) in [5, 5.41) is 0. The van der Waals surface area contributed by atoms with Crippen LogP contribution in [0.15, 0.2) is 0 Å². The molecule has 0 aromatic carbocycles. The highest BCUT2D eigenvalue weighted by Gasteiger charge is 2.60. The molecular formula is C28H47ClO2. The van der Waals surface area contributed by atoms with Gasteiger partial charge in [0, 0.05) is 11.6 Å². The summed E-state index contributed by atoms with van der Waals surface area (Å²) in [5.74, 6) is 6.13. The van der Waals surface area contributed by atoms with Gasteiger partial charge in [0.2, 0.25) is 0 Å². The molecular weight excluding hydrogens is 404 g/mol. The third-order valence-electron chi connectivity index (χ3n) is 11.1. The highest BCUT2D eigenvalue weighted by molar-refractivity contribution is 6.61. The van der Waals surface area contributed by atoms with E-state index in [1.807, 2.05) is 0 Å². The second-order valence-corrected chi connectivity index (χ2v) is 13.2. The van der Waals surface area contributed by atoms with Crippen LogP contribution in [0.3, 0.4) is 0 Å². The van der Waals surface area contributed by atoms with Gasteiger partial charge in [-0.2, -0.15) is 0 Å². The minimum absolute atomic E-state index is 0.0519. The zero-order valence-electron chi connectivity index (χ0n) is 20.8. The van der Waals surface area contributed by atoms with Gasteiger partial charge in [0.05, 0.1) is 0 Å². The molecule has 0 aromatic heterocycles. The maximum atomic E-state index is 11.3. The van der Waals surface area contributed by atoms with E-state index in [-0.39, 0.29) is 6.10 Å². The van der Waals surface area contributed by atoms with E-state index in [0.717, 1.165) is 48.3 Å². The minimum Gasteiger partial charge on any atom is -0.450 e. The van der Waals surface area contributed by atoms with Crippen LogP contribution in [0.25, 0.3) is 0 Å². The lowest BCUT2D eigenvalue weighted by molar-refractivity contribution is -0.128. The first-order valence-electron chi connectivity index (χ1n) is 13.5. The summed E-state index contributed by atoms with van der Waals surface area (Å²) in [5.41, 5.74) is 0.406. The number of hydrogen-bond acceptors (Lipinski definition) is 2. The van der Waals surface area contributed by atoms with Crippen molar-refractivity contribution in [2.45, 2.75) is 118 Å². The van der Waals surface area contributed by atoms with Gasteiger partial charge in [-0.3, -0.25) is 0 Å². The van der Waals surface area contributed by atoms with E-state index >= 15 is 0 Å². The molecule has 4 aliphatic carbocycles. The molecule has 0 saturated heterocycles. The Bertz CT molecular complexity index is 647. The van der Waals surface area contributed by atoms with Crippen molar-refractivity contribution < 1.29 is 9.53 Å². The van der Waals surface area contributed by atoms with Crippen molar-refractivity contribution >= 4 is 17.0 Å². The summed E-state index contributed by atoms with van der Waals surface area (Å²) < 4.78 is 5.42. The van der Waals surface area contributed by atoms with E-state index in [0.29, 0.717) is 16.7 Å². The molecule has 4 aliphatic rings. The Labute approximate surface area is 196 Å². The molecule has 4 fully saturated rings. The molecule has 31 heavy (non-hydrogen) atoms. The van der Waals surface area contributed by atoms with Crippen LogP contribution in [-0.2, 0) is 4.74 Å². The number of hydrogen-bond donors (Lipinski definition) is 0. The minimum atomic E-state index is -0.616. The molecule has 178 valence electrons. The second-order valence-electron chi connectivity index (χ2n) is 12.9. The Morgan fingerprint density at radius 3 is 2.35 bits per heavy atom. The third-order valence-corrected chi connectivity index (χ3v) is 11.2. The van der Waals surface area contributed by atoms with Gasteiger partial charge >= 0.3 is 5.43 Å². The first kappa shape index (κ1) is 23.9. The van der Waals surface area contributed by atoms with E-state index in [9.17, 15) is 4.79 Å². The molecule has 0 spiro atoms. The molecule has 4 saturated carbocycles. The van der Waals surface area contributed by atoms with Gasteiger partial charge in [0.25, 0.3) is 0 Å². The zero-order chi connectivity index (χ0) is 22.4. The molecule has 4 rings (SSSR count). The summed E-state index contributed by atoms with van der Waals surface area (Å²) in [6, 6.07) is 0. The van der Waals surface area contributed by atoms with Crippen LogP contribution >= 0.6 is 11.6 Å². The zero-order valence-corrected chi connectivity index (χ0v) is 21.6. The molecule has 0 N–H and O–H groups in total. The van der Waals surface area contributed by atoms with E-state index in [1.165, 1.54) is 64.2 Å². The number of ether oxygens (including phenoxy) is 1. The lowest BCUT2D eigenvalue weighted by Crippen LogP contribution is -2.54. The highest BCUT2D eigenvalue weighted by Crippen LogP contribution is 2.68. The van der Waals surface area contributed by atoms with Gasteiger partial charge in [0.1, 0.15) is 6.10 Å². The highest BCUT2D eigenvalue weighted by atomic mass is 35.5. The molecule has 0 bridgehead atoms. The summed E-state index contributed by atoms with van der Waals surface area (Å²) in [4.78, 5) is 11.3. The van der Waals surface area contributed by atoms with Crippen molar-refractivity contribution in [1.29, 1.82) is 0 Å². The van der Waals surface area contributed by atoms with E-state index in [4.69, 9.17) is 16.3 Å². The Morgan fingerprint density at radius 2 is 1.65 bits per heavy atom. The number of halogens is 1. The van der Waals surface area contributed by atoms with Gasteiger partial charge in [-0.15, -0.1) is 0 Å². The van der Waals surface area contributed by atoms with E-state index in [2.05, 4.69) is 34.6 Å². The number of rotatable bonds is 6. The lowest BCUT2D eigenvalue weighted by Gasteiger charge is -2.61. The van der Waals surface area contributed by atoms with Crippen LogP contribution in [0.4, 0.5) is 4.79 Å². The normalized spacial score (nSPS) is 45.5. The molecule has 0 aliphatic heterocycles. The average molecular weight is 451 g/mol. The number of fused-ring (bicyclic) bond motifs is 5.